The Morgan fingerprint density at radius 2 is 1.62 bits per heavy atom. The van der Waals surface area contributed by atoms with Gasteiger partial charge in [-0.25, -0.2) is 19.7 Å². The number of nitrogens with one attached hydrogen (secondary N) is 3. The number of guanidine groups is 1. The Balaban J connectivity index is 1.55. The molecule has 21 heteroatoms. The number of alkyl carbamates (subject to hydrolysis) is 1. The minimum Gasteiger partial charge on any atom is -0.447 e. The molecule has 1 aliphatic rings. The van der Waals surface area contributed by atoms with E-state index in [4.69, 9.17) is 21.7 Å². The van der Waals surface area contributed by atoms with Crippen molar-refractivity contribution in [3.63, 3.8) is 0 Å². The van der Waals surface area contributed by atoms with Gasteiger partial charge in [-0.15, -0.1) is 0 Å². The predicted octanol–water partition coefficient (Wildman–Crippen LogP) is 8.43. The summed E-state index contributed by atoms with van der Waals surface area (Å²) in [7, 11) is 0. The van der Waals surface area contributed by atoms with Gasteiger partial charge in [0, 0.05) is 35.6 Å². The zero-order valence-electron chi connectivity index (χ0n) is 29.8. The lowest BCUT2D eigenvalue weighted by Crippen LogP contribution is -2.50. The minimum atomic E-state index is -4.78. The van der Waals surface area contributed by atoms with Gasteiger partial charge in [-0.05, 0) is 60.1 Å². The van der Waals surface area contributed by atoms with Gasteiger partial charge < -0.3 is 15.4 Å². The molecule has 0 bridgehead atoms. The number of carbonyl (C=O) groups excluding carboxylic acids is 2. The highest BCUT2D eigenvalue weighted by atomic mass is 35.5. The van der Waals surface area contributed by atoms with E-state index in [-0.39, 0.29) is 62.6 Å². The quantitative estimate of drug-likeness (QED) is 0.0776. The van der Waals surface area contributed by atoms with Crippen LogP contribution in [0.2, 0.25) is 5.02 Å². The van der Waals surface area contributed by atoms with Crippen molar-refractivity contribution >= 4 is 29.6 Å². The summed E-state index contributed by atoms with van der Waals surface area (Å²) in [5.41, 5.74) is -2.38. The summed E-state index contributed by atoms with van der Waals surface area (Å²) in [5, 5.41) is 17.2. The molecule has 0 radical (unpaired) electrons. The van der Waals surface area contributed by atoms with Crippen LogP contribution in [0.15, 0.2) is 61.2 Å². The second-order valence-electron chi connectivity index (χ2n) is 14.0. The van der Waals surface area contributed by atoms with Crippen LogP contribution in [0.1, 0.15) is 74.4 Å². The molecular formula is C35H34ClF8N9O3. The van der Waals surface area contributed by atoms with Crippen molar-refractivity contribution in [1.29, 1.82) is 5.41 Å². The van der Waals surface area contributed by atoms with Gasteiger partial charge in [0.1, 0.15) is 18.5 Å². The van der Waals surface area contributed by atoms with E-state index in [0.717, 1.165) is 23.6 Å². The topological polar surface area (TPSA) is 151 Å². The number of alkyl halides is 8. The summed E-state index contributed by atoms with van der Waals surface area (Å²) in [6, 6.07) is 7.72. The first-order valence-corrected chi connectivity index (χ1v) is 17.1. The number of halogens is 9. The highest BCUT2D eigenvalue weighted by Crippen LogP contribution is 2.49. The maximum atomic E-state index is 14.4. The van der Waals surface area contributed by atoms with Gasteiger partial charge in [-0.1, -0.05) is 50.6 Å². The standard InChI is InChI=1S/C35H34ClF8N9O3/c1-32(2,3)12-13-46-30(45)52(27(54)20-6-4-19(5-7-20)22-15-47-28(48-16-22)34(39,40)41)25(17-56-31(55)51-33(10-11-33)35(42,43)44)21-8-9-24(36)23(14-21)26-49-18-50-53(26)29(37)38/h4-9,14-16,18,25,29H,10-13,17H2,1-3H3,(H2,45,46)(H,51,55)/t25-/m1/s1. The monoisotopic (exact) mass is 815 g/mol. The lowest BCUT2D eigenvalue weighted by Gasteiger charge is -2.33. The molecule has 0 aliphatic heterocycles. The lowest BCUT2D eigenvalue weighted by atomic mass is 9.92. The fraction of sp³-hybridized carbons (Fsp3) is 0.400. The molecule has 0 unspecified atom stereocenters. The zero-order valence-corrected chi connectivity index (χ0v) is 30.5. The number of ether oxygens (including phenoxy) is 1. The molecule has 1 fully saturated rings. The second-order valence-corrected chi connectivity index (χ2v) is 14.4. The first-order valence-electron chi connectivity index (χ1n) is 16.7. The Bertz CT molecular complexity index is 2050. The van der Waals surface area contributed by atoms with Crippen molar-refractivity contribution in [1.82, 2.24) is 40.3 Å². The van der Waals surface area contributed by atoms with Crippen LogP contribution in [0.25, 0.3) is 22.5 Å². The Kier molecular flexibility index (Phi) is 11.9. The number of carbonyl (C=O) groups is 2. The van der Waals surface area contributed by atoms with Crippen molar-refractivity contribution in [2.75, 3.05) is 13.2 Å². The van der Waals surface area contributed by atoms with Crippen molar-refractivity contribution < 1.29 is 49.4 Å². The summed E-state index contributed by atoms with van der Waals surface area (Å²) >= 11 is 6.40. The van der Waals surface area contributed by atoms with Crippen molar-refractivity contribution in [3.05, 3.63) is 83.2 Å². The molecule has 5 rings (SSSR count). The molecule has 56 heavy (non-hydrogen) atoms. The van der Waals surface area contributed by atoms with Gasteiger partial charge in [0.05, 0.1) is 11.1 Å². The molecule has 0 spiro atoms. The van der Waals surface area contributed by atoms with E-state index in [2.05, 4.69) is 25.4 Å². The van der Waals surface area contributed by atoms with E-state index in [0.29, 0.717) is 12.0 Å². The summed E-state index contributed by atoms with van der Waals surface area (Å²) < 4.78 is 113. The Morgan fingerprint density at radius 3 is 2.18 bits per heavy atom. The third kappa shape index (κ3) is 9.69. The smallest absolute Gasteiger partial charge is 0.447 e. The highest BCUT2D eigenvalue weighted by Gasteiger charge is 2.64. The molecule has 2 aromatic heterocycles. The third-order valence-corrected chi connectivity index (χ3v) is 9.02. The molecule has 0 saturated heterocycles. The van der Waals surface area contributed by atoms with Crippen LogP contribution in [0.3, 0.4) is 0 Å². The largest absolute Gasteiger partial charge is 0.451 e. The molecule has 1 aliphatic carbocycles. The Morgan fingerprint density at radius 1 is 0.982 bits per heavy atom. The summed E-state index contributed by atoms with van der Waals surface area (Å²) in [6.45, 7) is 1.96. The second kappa shape index (κ2) is 16.0. The van der Waals surface area contributed by atoms with E-state index in [1.54, 1.807) is 0 Å². The molecule has 2 amide bonds. The first-order chi connectivity index (χ1) is 26.1. The first kappa shape index (κ1) is 41.8. The average Bonchev–Trinajstić information content (AvgIpc) is 3.74. The molecule has 12 nitrogen and oxygen atoms in total. The van der Waals surface area contributed by atoms with Crippen LogP contribution in [-0.2, 0) is 10.9 Å². The highest BCUT2D eigenvalue weighted by molar-refractivity contribution is 6.33. The zero-order chi connectivity index (χ0) is 41.2. The van der Waals surface area contributed by atoms with Gasteiger partial charge in [-0.2, -0.15) is 44.9 Å². The molecule has 4 aromatic rings. The van der Waals surface area contributed by atoms with Crippen molar-refractivity contribution in [3.8, 4) is 22.5 Å². The number of nitrogens with zero attached hydrogens (tertiary/aromatic N) is 6. The number of amides is 2. The van der Waals surface area contributed by atoms with Crippen LogP contribution < -0.4 is 10.6 Å². The van der Waals surface area contributed by atoms with Gasteiger partial charge >= 0.3 is 25.0 Å². The fourth-order valence-corrected chi connectivity index (χ4v) is 5.63. The van der Waals surface area contributed by atoms with E-state index in [9.17, 15) is 44.7 Å². The molecule has 300 valence electrons. The minimum absolute atomic E-state index is 0.0345. The van der Waals surface area contributed by atoms with Gasteiger partial charge in [0.25, 0.3) is 5.91 Å². The maximum absolute atomic E-state index is 14.4. The molecular weight excluding hydrogens is 782 g/mol. The van der Waals surface area contributed by atoms with E-state index in [1.807, 2.05) is 26.1 Å². The summed E-state index contributed by atoms with van der Waals surface area (Å²) in [4.78, 5) is 38.7. The third-order valence-electron chi connectivity index (χ3n) is 8.69. The number of hydrogen-bond donors (Lipinski definition) is 3. The SMILES string of the molecule is CC(C)(C)CCNC(=N)N(C(=O)c1ccc(-c2cnc(C(F)(F)F)nc2)cc1)[C@H](COC(=O)NC1(C(F)(F)F)CC1)c1ccc(Cl)c(-c2ncnn2C(F)F)c1. The summed E-state index contributed by atoms with van der Waals surface area (Å²) in [5.74, 6) is -3.17. The molecule has 2 heterocycles. The summed E-state index contributed by atoms with van der Waals surface area (Å²) in [6.07, 6.45) is -8.55. The van der Waals surface area contributed by atoms with E-state index in [1.165, 1.54) is 42.5 Å². The maximum Gasteiger partial charge on any atom is 0.451 e. The van der Waals surface area contributed by atoms with E-state index < -0.39 is 60.9 Å². The van der Waals surface area contributed by atoms with Gasteiger partial charge in [0.15, 0.2) is 11.8 Å². The van der Waals surface area contributed by atoms with Crippen LogP contribution >= 0.6 is 11.6 Å². The van der Waals surface area contributed by atoms with Crippen LogP contribution in [-0.4, -0.2) is 72.5 Å². The molecule has 3 N–H and O–H groups in total. The van der Waals surface area contributed by atoms with Gasteiger partial charge in [0.2, 0.25) is 5.82 Å². The Labute approximate surface area is 319 Å². The lowest BCUT2D eigenvalue weighted by molar-refractivity contribution is -0.164. The predicted molar refractivity (Wildman–Crippen MR) is 185 cm³/mol. The van der Waals surface area contributed by atoms with Crippen LogP contribution in [0.4, 0.5) is 39.9 Å². The Hall–Kier alpha value is -5.40. The van der Waals surface area contributed by atoms with E-state index >= 15 is 0 Å². The number of aromatic nitrogens is 5. The van der Waals surface area contributed by atoms with Crippen molar-refractivity contribution in [2.45, 2.75) is 70.5 Å². The number of benzene rings is 2. The number of rotatable bonds is 11. The average molecular weight is 816 g/mol. The van der Waals surface area contributed by atoms with Crippen LogP contribution in [0.5, 0.6) is 0 Å². The fourth-order valence-electron chi connectivity index (χ4n) is 5.43. The molecule has 1 saturated carbocycles. The van der Waals surface area contributed by atoms with Gasteiger partial charge in [-0.3, -0.25) is 15.1 Å². The van der Waals surface area contributed by atoms with Crippen LogP contribution in [0, 0.1) is 10.8 Å². The number of hydrogen-bond acceptors (Lipinski definition) is 8. The van der Waals surface area contributed by atoms with Crippen molar-refractivity contribution in [2.24, 2.45) is 5.41 Å². The molecule has 1 atom stereocenters. The molecule has 2 aromatic carbocycles. The normalized spacial score (nSPS) is 14.6.